The molecule has 40 heavy (non-hydrogen) atoms. The molecule has 0 spiro atoms. The maximum Gasteiger partial charge on any atom is 0.416 e. The summed E-state index contributed by atoms with van der Waals surface area (Å²) in [6, 6.07) is 12.6. The molecule has 4 aromatic rings. The van der Waals surface area contributed by atoms with E-state index in [0.717, 1.165) is 65.4 Å². The third kappa shape index (κ3) is 5.75. The van der Waals surface area contributed by atoms with Crippen LogP contribution < -0.4 is 10.2 Å². The van der Waals surface area contributed by atoms with Gasteiger partial charge in [0, 0.05) is 31.2 Å². The summed E-state index contributed by atoms with van der Waals surface area (Å²) in [6.45, 7) is 6.83. The van der Waals surface area contributed by atoms with Gasteiger partial charge in [-0.05, 0) is 88.6 Å². The number of fused-ring (bicyclic) bond motifs is 2. The van der Waals surface area contributed by atoms with Gasteiger partial charge in [-0.1, -0.05) is 12.1 Å². The Hall–Kier alpha value is -3.72. The van der Waals surface area contributed by atoms with Crippen LogP contribution in [0.4, 0.5) is 16.4 Å². The Bertz CT molecular complexity index is 1520. The summed E-state index contributed by atoms with van der Waals surface area (Å²) < 4.78 is 14.3. The van der Waals surface area contributed by atoms with Gasteiger partial charge in [0.2, 0.25) is 0 Å². The third-order valence-electron chi connectivity index (χ3n) is 7.75. The Balaban J connectivity index is 1.13. The minimum Gasteiger partial charge on any atom is -0.443 e. The monoisotopic (exact) mass is 542 g/mol. The molecule has 2 unspecified atom stereocenters. The van der Waals surface area contributed by atoms with Gasteiger partial charge >= 0.3 is 6.09 Å². The molecule has 3 aromatic heterocycles. The van der Waals surface area contributed by atoms with Gasteiger partial charge in [-0.3, -0.25) is 4.90 Å². The fraction of sp³-hybridized carbons (Fsp3) is 0.484. The van der Waals surface area contributed by atoms with E-state index in [0.29, 0.717) is 30.9 Å². The summed E-state index contributed by atoms with van der Waals surface area (Å²) in [5, 5.41) is 5.22. The van der Waals surface area contributed by atoms with Crippen LogP contribution in [-0.4, -0.2) is 50.9 Å². The number of pyridine rings is 1. The summed E-state index contributed by atoms with van der Waals surface area (Å²) >= 11 is 0. The molecule has 2 fully saturated rings. The number of amides is 1. The van der Waals surface area contributed by atoms with Crippen LogP contribution in [-0.2, 0) is 16.1 Å². The van der Waals surface area contributed by atoms with Crippen molar-refractivity contribution in [3.63, 3.8) is 0 Å². The number of nitrogens with one attached hydrogen (secondary N) is 1. The van der Waals surface area contributed by atoms with Gasteiger partial charge < -0.3 is 19.4 Å². The summed E-state index contributed by atoms with van der Waals surface area (Å²) in [4.78, 5) is 28.5. The highest BCUT2D eigenvalue weighted by molar-refractivity contribution is 5.90. The van der Waals surface area contributed by atoms with E-state index in [1.165, 1.54) is 0 Å². The highest BCUT2D eigenvalue weighted by atomic mass is 16.6. The Kier molecular flexibility index (Phi) is 7.08. The van der Waals surface area contributed by atoms with Crippen LogP contribution in [0.1, 0.15) is 64.5 Å². The van der Waals surface area contributed by atoms with E-state index in [9.17, 15) is 4.79 Å². The summed E-state index contributed by atoms with van der Waals surface area (Å²) in [5.74, 6) is 2.00. The zero-order valence-corrected chi connectivity index (χ0v) is 23.8. The number of anilines is 2. The van der Waals surface area contributed by atoms with Gasteiger partial charge in [0.15, 0.2) is 0 Å². The van der Waals surface area contributed by atoms with Gasteiger partial charge in [0.25, 0.3) is 0 Å². The van der Waals surface area contributed by atoms with Crippen molar-refractivity contribution in [1.82, 2.24) is 19.5 Å². The van der Waals surface area contributed by atoms with Crippen LogP contribution in [0.3, 0.4) is 0 Å². The normalized spacial score (nSPS) is 19.3. The molecule has 9 heteroatoms. The maximum absolute atomic E-state index is 13.0. The lowest BCUT2D eigenvalue weighted by Gasteiger charge is -2.27. The first-order valence-electron chi connectivity index (χ1n) is 14.3. The third-order valence-corrected chi connectivity index (χ3v) is 7.75. The van der Waals surface area contributed by atoms with Crippen LogP contribution in [0.25, 0.3) is 21.9 Å². The average molecular weight is 543 g/mol. The predicted molar refractivity (Wildman–Crippen MR) is 157 cm³/mol. The maximum atomic E-state index is 13.0. The van der Waals surface area contributed by atoms with Gasteiger partial charge in [-0.15, -0.1) is 0 Å². The van der Waals surface area contributed by atoms with Gasteiger partial charge in [0.1, 0.15) is 29.2 Å². The molecule has 3 heterocycles. The van der Waals surface area contributed by atoms with Crippen LogP contribution in [0.5, 0.6) is 0 Å². The van der Waals surface area contributed by atoms with Crippen molar-refractivity contribution in [3.05, 3.63) is 54.5 Å². The van der Waals surface area contributed by atoms with Crippen LogP contribution >= 0.6 is 0 Å². The van der Waals surface area contributed by atoms with E-state index in [2.05, 4.69) is 50.3 Å². The molecule has 0 bridgehead atoms. The number of aromatic nitrogens is 4. The molecule has 6 rings (SSSR count). The first kappa shape index (κ1) is 26.5. The topological polar surface area (TPSA) is 94.4 Å². The first-order chi connectivity index (χ1) is 19.3. The molecule has 1 amide bonds. The minimum atomic E-state index is -0.558. The molecule has 9 nitrogen and oxygen atoms in total. The number of hydrogen-bond acceptors (Lipinski definition) is 7. The Morgan fingerprint density at radius 1 is 1.10 bits per heavy atom. The van der Waals surface area contributed by atoms with E-state index in [4.69, 9.17) is 14.5 Å². The van der Waals surface area contributed by atoms with Gasteiger partial charge in [0.05, 0.1) is 23.6 Å². The number of hydrogen-bond donors (Lipinski definition) is 1. The van der Waals surface area contributed by atoms with Crippen molar-refractivity contribution in [1.29, 1.82) is 0 Å². The van der Waals surface area contributed by atoms with E-state index in [-0.39, 0.29) is 12.2 Å². The van der Waals surface area contributed by atoms with E-state index in [1.807, 2.05) is 40.0 Å². The number of rotatable bonds is 8. The lowest BCUT2D eigenvalue weighted by atomic mass is 10.1. The molecular weight excluding hydrogens is 504 g/mol. The van der Waals surface area contributed by atoms with Crippen LogP contribution in [0.15, 0.2) is 48.9 Å². The van der Waals surface area contributed by atoms with E-state index < -0.39 is 5.60 Å². The molecule has 2 saturated carbocycles. The zero-order valence-electron chi connectivity index (χ0n) is 23.8. The molecule has 0 saturated heterocycles. The lowest BCUT2D eigenvalue weighted by Crippen LogP contribution is -2.38. The Labute approximate surface area is 234 Å². The molecule has 2 atom stereocenters. The molecule has 0 aliphatic heterocycles. The van der Waals surface area contributed by atoms with Crippen LogP contribution in [0.2, 0.25) is 0 Å². The van der Waals surface area contributed by atoms with Crippen molar-refractivity contribution in [2.45, 2.75) is 77.2 Å². The number of nitrogens with zero attached hydrogens (tertiary/aromatic N) is 5. The molecule has 2 aliphatic carbocycles. The fourth-order valence-corrected chi connectivity index (χ4v) is 5.53. The molecule has 2 aliphatic rings. The number of carbonyl (C=O) groups is 1. The van der Waals surface area contributed by atoms with Crippen molar-refractivity contribution in [2.75, 3.05) is 23.8 Å². The predicted octanol–water partition coefficient (Wildman–Crippen LogP) is 6.48. The molecule has 0 radical (unpaired) electrons. The van der Waals surface area contributed by atoms with Crippen LogP contribution in [0, 0.1) is 5.92 Å². The quantitative estimate of drug-likeness (QED) is 0.272. The molecule has 210 valence electrons. The van der Waals surface area contributed by atoms with Crippen molar-refractivity contribution in [2.24, 2.45) is 5.92 Å². The second-order valence-corrected chi connectivity index (χ2v) is 12.1. The molecule has 1 aromatic carbocycles. The van der Waals surface area contributed by atoms with Crippen molar-refractivity contribution in [3.8, 4) is 0 Å². The second kappa shape index (κ2) is 10.7. The lowest BCUT2D eigenvalue weighted by molar-refractivity contribution is 0.0434. The van der Waals surface area contributed by atoms with Gasteiger partial charge in [-0.2, -0.15) is 0 Å². The highest BCUT2D eigenvalue weighted by Gasteiger charge is 2.31. The minimum absolute atomic E-state index is 0.184. The first-order valence-corrected chi connectivity index (χ1v) is 14.3. The smallest absolute Gasteiger partial charge is 0.416 e. The zero-order chi connectivity index (χ0) is 27.9. The summed E-state index contributed by atoms with van der Waals surface area (Å²) in [5.41, 5.74) is 2.33. The van der Waals surface area contributed by atoms with Gasteiger partial charge in [-0.25, -0.2) is 19.7 Å². The average Bonchev–Trinajstić information content (AvgIpc) is 3.45. The summed E-state index contributed by atoms with van der Waals surface area (Å²) in [6.07, 6.45) is 8.87. The summed E-state index contributed by atoms with van der Waals surface area (Å²) in [7, 11) is 1.88. The number of benzene rings is 1. The molecular formula is C31H38N6O3. The molecule has 1 N–H and O–H groups in total. The van der Waals surface area contributed by atoms with Crippen molar-refractivity contribution < 1.29 is 14.3 Å². The van der Waals surface area contributed by atoms with E-state index >= 15 is 0 Å². The SMILES string of the molecule is CNc1ncnc2c1ccn2C1CCC(OCc2ccc3ccc(N(CC4CC4)C(=O)OC(C)(C)C)nc3c2)C1. The van der Waals surface area contributed by atoms with Crippen molar-refractivity contribution >= 4 is 39.7 Å². The largest absolute Gasteiger partial charge is 0.443 e. The number of ether oxygens (including phenoxy) is 2. The highest BCUT2D eigenvalue weighted by Crippen LogP contribution is 2.36. The fourth-order valence-electron chi connectivity index (χ4n) is 5.53. The number of carbonyl (C=O) groups excluding carboxylic acids is 1. The second-order valence-electron chi connectivity index (χ2n) is 12.1. The Morgan fingerprint density at radius 2 is 1.93 bits per heavy atom. The standard InChI is InChI=1S/C31H38N6O3/c1-31(2,3)40-30(38)37(17-20-5-6-20)27-12-9-22-8-7-21(15-26(22)35-27)18-39-24-11-10-23(16-24)36-14-13-25-28(32-4)33-19-34-29(25)36/h7-9,12-15,19-20,23-24H,5-6,10-11,16-18H2,1-4H3,(H,32,33,34). The van der Waals surface area contributed by atoms with E-state index in [1.54, 1.807) is 11.2 Å². The Morgan fingerprint density at radius 3 is 2.70 bits per heavy atom.